The minimum atomic E-state index is 0.641. The molecule has 0 radical (unpaired) electrons. The molecule has 76 valence electrons. The van der Waals surface area contributed by atoms with Gasteiger partial charge in [-0.3, -0.25) is 0 Å². The smallest absolute Gasteiger partial charge is 0.131 e. The topological polar surface area (TPSA) is 16.1 Å². The molecule has 1 aromatic heterocycles. The SMILES string of the molecule is Cc1cc(Br)cnc1N1CCC[C@@H]1C. The molecule has 0 bridgehead atoms. The van der Waals surface area contributed by atoms with Crippen LogP contribution in [0.2, 0.25) is 0 Å². The maximum Gasteiger partial charge on any atom is 0.131 e. The number of pyridine rings is 1. The van der Waals surface area contributed by atoms with Gasteiger partial charge >= 0.3 is 0 Å². The fourth-order valence-electron chi connectivity index (χ4n) is 2.08. The van der Waals surface area contributed by atoms with Crippen LogP contribution in [0.25, 0.3) is 0 Å². The molecule has 2 heterocycles. The Hall–Kier alpha value is -0.570. The summed E-state index contributed by atoms with van der Waals surface area (Å²) in [6, 6.07) is 2.77. The second-order valence-corrected chi connectivity index (χ2v) is 4.89. The molecule has 0 unspecified atom stereocenters. The molecule has 1 aliphatic heterocycles. The van der Waals surface area contributed by atoms with Gasteiger partial charge in [0.1, 0.15) is 5.82 Å². The third kappa shape index (κ3) is 1.78. The summed E-state index contributed by atoms with van der Waals surface area (Å²) in [5, 5.41) is 0. The summed E-state index contributed by atoms with van der Waals surface area (Å²) in [7, 11) is 0. The van der Waals surface area contributed by atoms with Gasteiger partial charge in [0.05, 0.1) is 0 Å². The Balaban J connectivity index is 2.31. The third-order valence-corrected chi connectivity index (χ3v) is 3.28. The zero-order valence-corrected chi connectivity index (χ0v) is 10.2. The van der Waals surface area contributed by atoms with E-state index in [4.69, 9.17) is 0 Å². The van der Waals surface area contributed by atoms with Crippen molar-refractivity contribution < 1.29 is 0 Å². The van der Waals surface area contributed by atoms with Crippen molar-refractivity contribution in [1.29, 1.82) is 0 Å². The molecule has 1 fully saturated rings. The Kier molecular flexibility index (Phi) is 2.77. The number of nitrogens with zero attached hydrogens (tertiary/aromatic N) is 2. The van der Waals surface area contributed by atoms with Crippen LogP contribution in [0.3, 0.4) is 0 Å². The second kappa shape index (κ2) is 3.89. The number of hydrogen-bond acceptors (Lipinski definition) is 2. The molecular formula is C11H15BrN2. The predicted molar refractivity (Wildman–Crippen MR) is 62.7 cm³/mol. The van der Waals surface area contributed by atoms with Crippen molar-refractivity contribution in [3.63, 3.8) is 0 Å². The Bertz CT molecular complexity index is 338. The number of rotatable bonds is 1. The largest absolute Gasteiger partial charge is 0.354 e. The first-order chi connectivity index (χ1) is 6.68. The first-order valence-electron chi connectivity index (χ1n) is 5.07. The molecule has 1 atom stereocenters. The fraction of sp³-hybridized carbons (Fsp3) is 0.545. The van der Waals surface area contributed by atoms with Gasteiger partial charge in [0, 0.05) is 23.3 Å². The molecule has 0 spiro atoms. The highest BCUT2D eigenvalue weighted by Gasteiger charge is 2.22. The summed E-state index contributed by atoms with van der Waals surface area (Å²) >= 11 is 3.44. The summed E-state index contributed by atoms with van der Waals surface area (Å²) in [4.78, 5) is 6.89. The van der Waals surface area contributed by atoms with Crippen LogP contribution >= 0.6 is 15.9 Å². The fourth-order valence-corrected chi connectivity index (χ4v) is 2.53. The zero-order valence-electron chi connectivity index (χ0n) is 8.63. The van der Waals surface area contributed by atoms with E-state index in [2.05, 4.69) is 45.7 Å². The van der Waals surface area contributed by atoms with Gasteiger partial charge in [-0.15, -0.1) is 0 Å². The quantitative estimate of drug-likeness (QED) is 0.766. The Labute approximate surface area is 93.5 Å². The summed E-state index contributed by atoms with van der Waals surface area (Å²) in [6.45, 7) is 5.55. The molecule has 14 heavy (non-hydrogen) atoms. The van der Waals surface area contributed by atoms with Gasteiger partial charge in [-0.05, 0) is 54.2 Å². The zero-order chi connectivity index (χ0) is 10.1. The van der Waals surface area contributed by atoms with Crippen LogP contribution in [0.4, 0.5) is 5.82 Å². The van der Waals surface area contributed by atoms with Gasteiger partial charge in [-0.2, -0.15) is 0 Å². The maximum absolute atomic E-state index is 4.49. The summed E-state index contributed by atoms with van der Waals surface area (Å²) < 4.78 is 1.06. The number of halogens is 1. The minimum absolute atomic E-state index is 0.641. The highest BCUT2D eigenvalue weighted by molar-refractivity contribution is 9.10. The van der Waals surface area contributed by atoms with Crippen LogP contribution < -0.4 is 4.90 Å². The van der Waals surface area contributed by atoms with Gasteiger partial charge in [-0.25, -0.2) is 4.98 Å². The lowest BCUT2D eigenvalue weighted by Crippen LogP contribution is -2.27. The van der Waals surface area contributed by atoms with Crippen LogP contribution in [-0.2, 0) is 0 Å². The summed E-state index contributed by atoms with van der Waals surface area (Å²) in [6.07, 6.45) is 4.46. The van der Waals surface area contributed by atoms with Crippen molar-refractivity contribution in [2.45, 2.75) is 32.7 Å². The van der Waals surface area contributed by atoms with Gasteiger partial charge < -0.3 is 4.90 Å². The van der Waals surface area contributed by atoms with Crippen LogP contribution in [0.1, 0.15) is 25.3 Å². The normalized spacial score (nSPS) is 21.6. The lowest BCUT2D eigenvalue weighted by atomic mass is 10.2. The molecule has 2 nitrogen and oxygen atoms in total. The number of anilines is 1. The standard InChI is InChI=1S/C11H15BrN2/c1-8-6-10(12)7-13-11(8)14-5-3-4-9(14)2/h6-7,9H,3-5H2,1-2H3/t9-/m0/s1. The molecule has 0 aliphatic carbocycles. The van der Waals surface area contributed by atoms with Crippen molar-refractivity contribution in [1.82, 2.24) is 4.98 Å². The third-order valence-electron chi connectivity index (χ3n) is 2.84. The van der Waals surface area contributed by atoms with Gasteiger partial charge in [-0.1, -0.05) is 0 Å². The average molecular weight is 255 g/mol. The molecule has 0 saturated carbocycles. The van der Waals surface area contributed by atoms with Gasteiger partial charge in [0.2, 0.25) is 0 Å². The van der Waals surface area contributed by atoms with E-state index in [-0.39, 0.29) is 0 Å². The molecule has 0 amide bonds. The molecule has 0 aromatic carbocycles. The maximum atomic E-state index is 4.49. The first-order valence-corrected chi connectivity index (χ1v) is 5.86. The Morgan fingerprint density at radius 1 is 1.57 bits per heavy atom. The molecule has 1 aromatic rings. The van der Waals surface area contributed by atoms with Gasteiger partial charge in [0.15, 0.2) is 0 Å². The van der Waals surface area contributed by atoms with Crippen LogP contribution in [0.5, 0.6) is 0 Å². The second-order valence-electron chi connectivity index (χ2n) is 3.98. The van der Waals surface area contributed by atoms with Crippen molar-refractivity contribution >= 4 is 21.7 Å². The van der Waals surface area contributed by atoms with E-state index in [0.717, 1.165) is 16.8 Å². The van der Waals surface area contributed by atoms with Gasteiger partial charge in [0.25, 0.3) is 0 Å². The average Bonchev–Trinajstić information content (AvgIpc) is 2.52. The summed E-state index contributed by atoms with van der Waals surface area (Å²) in [5.74, 6) is 1.15. The Morgan fingerprint density at radius 2 is 2.36 bits per heavy atom. The summed E-state index contributed by atoms with van der Waals surface area (Å²) in [5.41, 5.74) is 1.26. The number of aryl methyl sites for hydroxylation is 1. The van der Waals surface area contributed by atoms with E-state index in [1.165, 1.54) is 18.4 Å². The molecule has 1 saturated heterocycles. The number of aromatic nitrogens is 1. The molecule has 2 rings (SSSR count). The lowest BCUT2D eigenvalue weighted by molar-refractivity contribution is 0.725. The number of hydrogen-bond donors (Lipinski definition) is 0. The molecular weight excluding hydrogens is 240 g/mol. The van der Waals surface area contributed by atoms with E-state index in [9.17, 15) is 0 Å². The van der Waals surface area contributed by atoms with Crippen LogP contribution in [0.15, 0.2) is 16.7 Å². The van der Waals surface area contributed by atoms with E-state index in [1.54, 1.807) is 0 Å². The monoisotopic (exact) mass is 254 g/mol. The van der Waals surface area contributed by atoms with Crippen LogP contribution in [-0.4, -0.2) is 17.6 Å². The van der Waals surface area contributed by atoms with Crippen LogP contribution in [0, 0.1) is 6.92 Å². The van der Waals surface area contributed by atoms with E-state index in [0.29, 0.717) is 6.04 Å². The van der Waals surface area contributed by atoms with E-state index in [1.807, 2.05) is 6.20 Å². The van der Waals surface area contributed by atoms with E-state index >= 15 is 0 Å². The van der Waals surface area contributed by atoms with E-state index < -0.39 is 0 Å². The molecule has 3 heteroatoms. The minimum Gasteiger partial charge on any atom is -0.354 e. The highest BCUT2D eigenvalue weighted by Crippen LogP contribution is 2.27. The highest BCUT2D eigenvalue weighted by atomic mass is 79.9. The van der Waals surface area contributed by atoms with Crippen molar-refractivity contribution in [2.24, 2.45) is 0 Å². The van der Waals surface area contributed by atoms with Crippen molar-refractivity contribution in [3.05, 3.63) is 22.3 Å². The molecule has 0 N–H and O–H groups in total. The lowest BCUT2D eigenvalue weighted by Gasteiger charge is -2.24. The first kappa shape index (κ1) is 9.97. The van der Waals surface area contributed by atoms with Crippen molar-refractivity contribution in [3.8, 4) is 0 Å². The van der Waals surface area contributed by atoms with Crippen molar-refractivity contribution in [2.75, 3.05) is 11.4 Å². The predicted octanol–water partition coefficient (Wildman–Crippen LogP) is 3.14. The Morgan fingerprint density at radius 3 is 2.93 bits per heavy atom. The molecule has 1 aliphatic rings.